The van der Waals surface area contributed by atoms with Crippen molar-refractivity contribution in [2.24, 2.45) is 12.8 Å². The fourth-order valence-electron chi connectivity index (χ4n) is 3.95. The second-order valence-corrected chi connectivity index (χ2v) is 8.83. The molecular formula is C24H27FN6O. The van der Waals surface area contributed by atoms with Crippen LogP contribution in [-0.4, -0.2) is 50.2 Å². The number of hydrogen-bond acceptors (Lipinski definition) is 6. The smallest absolute Gasteiger partial charge is 0.129 e. The van der Waals surface area contributed by atoms with E-state index in [2.05, 4.69) is 10.00 Å². The van der Waals surface area contributed by atoms with Crippen molar-refractivity contribution in [1.29, 1.82) is 0 Å². The Kier molecular flexibility index (Phi) is 5.17. The summed E-state index contributed by atoms with van der Waals surface area (Å²) in [5.74, 6) is 1.20. The van der Waals surface area contributed by atoms with Crippen molar-refractivity contribution in [1.82, 2.24) is 19.7 Å². The predicted molar refractivity (Wildman–Crippen MR) is 124 cm³/mol. The standard InChI is InChI=1S/C20H19N5O.C4H8FN/c1-24-12-13-10-14(19(26)11-18(13)23-24)15-4-5-17-16(21-15)6-7-20(22-17)25-8-2-3-9-25;5-3-4(6)1-2-4/h4-7,10-12,26H,2-3,8-9H2,1H3;1-3,6H2. The number of halogens is 1. The number of aromatic hydroxyl groups is 1. The third-order valence-corrected chi connectivity index (χ3v) is 6.13. The van der Waals surface area contributed by atoms with Crippen LogP contribution in [0, 0.1) is 0 Å². The van der Waals surface area contributed by atoms with E-state index in [0.29, 0.717) is 5.56 Å². The van der Waals surface area contributed by atoms with Crippen LogP contribution >= 0.6 is 0 Å². The van der Waals surface area contributed by atoms with Crippen molar-refractivity contribution in [3.8, 4) is 17.0 Å². The molecule has 0 spiro atoms. The van der Waals surface area contributed by atoms with Gasteiger partial charge in [0.25, 0.3) is 0 Å². The van der Waals surface area contributed by atoms with Gasteiger partial charge in [0.05, 0.1) is 22.2 Å². The van der Waals surface area contributed by atoms with Crippen LogP contribution in [0.3, 0.4) is 0 Å². The van der Waals surface area contributed by atoms with Crippen molar-refractivity contribution in [2.45, 2.75) is 31.2 Å². The number of aryl methyl sites for hydroxylation is 1. The van der Waals surface area contributed by atoms with Crippen LogP contribution in [0.15, 0.2) is 42.6 Å². The molecule has 166 valence electrons. The molecule has 4 heterocycles. The fourth-order valence-corrected chi connectivity index (χ4v) is 3.95. The Morgan fingerprint density at radius 2 is 1.75 bits per heavy atom. The molecule has 3 aromatic heterocycles. The van der Waals surface area contributed by atoms with Gasteiger partial charge in [0.1, 0.15) is 18.2 Å². The number of nitrogens with two attached hydrogens (primary N) is 1. The zero-order valence-electron chi connectivity index (χ0n) is 18.1. The molecule has 1 aliphatic heterocycles. The molecule has 1 saturated heterocycles. The second-order valence-electron chi connectivity index (χ2n) is 8.83. The maximum atomic E-state index is 11.4. The van der Waals surface area contributed by atoms with Crippen molar-refractivity contribution >= 4 is 27.8 Å². The summed E-state index contributed by atoms with van der Waals surface area (Å²) in [6.07, 6.45) is 6.15. The SMILES string of the molecule is Cn1cc2cc(-c3ccc4nc(N5CCCC5)ccc4n3)c(O)cc2n1.NC1(CF)CC1. The van der Waals surface area contributed by atoms with Gasteiger partial charge in [-0.2, -0.15) is 5.10 Å². The Balaban J connectivity index is 0.000000314. The number of anilines is 1. The van der Waals surface area contributed by atoms with Gasteiger partial charge in [-0.25, -0.2) is 14.4 Å². The summed E-state index contributed by atoms with van der Waals surface area (Å²) in [7, 11) is 1.87. The summed E-state index contributed by atoms with van der Waals surface area (Å²) >= 11 is 0. The normalized spacial score (nSPS) is 16.9. The number of benzene rings is 1. The largest absolute Gasteiger partial charge is 0.507 e. The molecule has 6 rings (SSSR count). The Bertz CT molecular complexity index is 1280. The van der Waals surface area contributed by atoms with Crippen molar-refractivity contribution in [3.05, 3.63) is 42.6 Å². The number of phenols is 1. The van der Waals surface area contributed by atoms with Gasteiger partial charge in [0.2, 0.25) is 0 Å². The molecule has 7 nitrogen and oxygen atoms in total. The fraction of sp³-hybridized carbons (Fsp3) is 0.375. The molecule has 0 amide bonds. The lowest BCUT2D eigenvalue weighted by Crippen LogP contribution is -2.23. The van der Waals surface area contributed by atoms with E-state index in [4.69, 9.17) is 15.7 Å². The molecule has 2 aliphatic rings. The lowest BCUT2D eigenvalue weighted by atomic mass is 10.1. The number of alkyl halides is 1. The maximum absolute atomic E-state index is 11.4. The number of hydrogen-bond donors (Lipinski definition) is 2. The molecule has 1 aliphatic carbocycles. The van der Waals surface area contributed by atoms with Gasteiger partial charge in [-0.3, -0.25) is 4.68 Å². The molecule has 1 saturated carbocycles. The molecule has 1 aromatic carbocycles. The van der Waals surface area contributed by atoms with E-state index in [1.165, 1.54) is 12.8 Å². The monoisotopic (exact) mass is 434 g/mol. The number of aromatic nitrogens is 4. The minimum atomic E-state index is -0.375. The maximum Gasteiger partial charge on any atom is 0.129 e. The summed E-state index contributed by atoms with van der Waals surface area (Å²) in [6.45, 7) is 1.80. The van der Waals surface area contributed by atoms with E-state index in [1.54, 1.807) is 10.7 Å². The number of fused-ring (bicyclic) bond motifs is 2. The van der Waals surface area contributed by atoms with E-state index in [-0.39, 0.29) is 18.0 Å². The van der Waals surface area contributed by atoms with Crippen LogP contribution in [0.2, 0.25) is 0 Å². The van der Waals surface area contributed by atoms with Crippen molar-refractivity contribution in [2.75, 3.05) is 24.7 Å². The van der Waals surface area contributed by atoms with E-state index < -0.39 is 0 Å². The number of phenolic OH excluding ortho intramolecular Hbond substituents is 1. The lowest BCUT2D eigenvalue weighted by molar-refractivity contribution is 0.417. The summed E-state index contributed by atoms with van der Waals surface area (Å²) < 4.78 is 13.2. The van der Waals surface area contributed by atoms with Gasteiger partial charge in [-0.05, 0) is 56.0 Å². The first-order valence-corrected chi connectivity index (χ1v) is 11.0. The zero-order valence-corrected chi connectivity index (χ0v) is 18.1. The van der Waals surface area contributed by atoms with E-state index in [0.717, 1.165) is 59.4 Å². The predicted octanol–water partition coefficient (Wildman–Crippen LogP) is 3.94. The Morgan fingerprint density at radius 3 is 2.44 bits per heavy atom. The molecule has 8 heteroatoms. The average Bonchev–Trinajstić information content (AvgIpc) is 3.16. The van der Waals surface area contributed by atoms with Gasteiger partial charge in [-0.15, -0.1) is 0 Å². The molecule has 2 fully saturated rings. The molecule has 0 bridgehead atoms. The summed E-state index contributed by atoms with van der Waals surface area (Å²) in [5.41, 5.74) is 8.81. The van der Waals surface area contributed by atoms with Crippen LogP contribution in [0.4, 0.5) is 10.2 Å². The van der Waals surface area contributed by atoms with Crippen LogP contribution < -0.4 is 10.6 Å². The third-order valence-electron chi connectivity index (χ3n) is 6.13. The molecule has 4 aromatic rings. The van der Waals surface area contributed by atoms with Gasteiger partial charge in [-0.1, -0.05) is 0 Å². The number of rotatable bonds is 3. The van der Waals surface area contributed by atoms with Crippen LogP contribution in [0.25, 0.3) is 33.2 Å². The first-order valence-electron chi connectivity index (χ1n) is 11.0. The molecule has 0 radical (unpaired) electrons. The highest BCUT2D eigenvalue weighted by molar-refractivity contribution is 5.88. The van der Waals surface area contributed by atoms with E-state index in [1.807, 2.05) is 43.6 Å². The Hall–Kier alpha value is -3.26. The summed E-state index contributed by atoms with van der Waals surface area (Å²) in [5, 5.41) is 15.7. The highest BCUT2D eigenvalue weighted by Crippen LogP contribution is 2.33. The van der Waals surface area contributed by atoms with Crippen LogP contribution in [-0.2, 0) is 7.05 Å². The average molecular weight is 435 g/mol. The van der Waals surface area contributed by atoms with Crippen LogP contribution in [0.5, 0.6) is 5.75 Å². The third kappa shape index (κ3) is 4.10. The van der Waals surface area contributed by atoms with E-state index in [9.17, 15) is 9.50 Å². The lowest BCUT2D eigenvalue weighted by Gasteiger charge is -2.16. The van der Waals surface area contributed by atoms with Crippen molar-refractivity contribution < 1.29 is 9.50 Å². The van der Waals surface area contributed by atoms with Gasteiger partial charge in [0, 0.05) is 48.9 Å². The zero-order chi connectivity index (χ0) is 22.3. The first-order chi connectivity index (χ1) is 15.4. The van der Waals surface area contributed by atoms with Crippen LogP contribution in [0.1, 0.15) is 25.7 Å². The molecular weight excluding hydrogens is 407 g/mol. The minimum Gasteiger partial charge on any atom is -0.507 e. The number of nitrogens with zero attached hydrogens (tertiary/aromatic N) is 5. The quantitative estimate of drug-likeness (QED) is 0.507. The number of pyridine rings is 2. The summed E-state index contributed by atoms with van der Waals surface area (Å²) in [4.78, 5) is 11.8. The van der Waals surface area contributed by atoms with Gasteiger partial charge in [0.15, 0.2) is 0 Å². The molecule has 0 atom stereocenters. The Morgan fingerprint density at radius 1 is 1.03 bits per heavy atom. The first kappa shape index (κ1) is 20.6. The summed E-state index contributed by atoms with van der Waals surface area (Å²) in [6, 6.07) is 11.6. The Labute approximate surface area is 185 Å². The van der Waals surface area contributed by atoms with Gasteiger partial charge < -0.3 is 15.7 Å². The van der Waals surface area contributed by atoms with Gasteiger partial charge >= 0.3 is 0 Å². The van der Waals surface area contributed by atoms with E-state index >= 15 is 0 Å². The molecule has 32 heavy (non-hydrogen) atoms. The minimum absolute atomic E-state index is 0.185. The van der Waals surface area contributed by atoms with Crippen molar-refractivity contribution in [3.63, 3.8) is 0 Å². The molecule has 0 unspecified atom stereocenters. The highest BCUT2D eigenvalue weighted by Gasteiger charge is 2.37. The molecule has 3 N–H and O–H groups in total. The second kappa shape index (κ2) is 8.02. The topological polar surface area (TPSA) is 93.1 Å². The highest BCUT2D eigenvalue weighted by atomic mass is 19.1.